The van der Waals surface area contributed by atoms with E-state index in [1.54, 1.807) is 32.4 Å². The lowest BCUT2D eigenvalue weighted by molar-refractivity contribution is -0.116. The van der Waals surface area contributed by atoms with Gasteiger partial charge in [-0.05, 0) is 42.2 Å². The number of rotatable bonds is 7. The maximum atomic E-state index is 12.2. The van der Waals surface area contributed by atoms with Gasteiger partial charge in [0.25, 0.3) is 0 Å². The minimum Gasteiger partial charge on any atom is -0.496 e. The van der Waals surface area contributed by atoms with Crippen LogP contribution in [0.4, 0.5) is 11.4 Å². The Labute approximate surface area is 142 Å². The Bertz CT molecular complexity index is 701. The minimum atomic E-state index is -0.0398. The van der Waals surface area contributed by atoms with Crippen LogP contribution in [0.1, 0.15) is 18.9 Å². The smallest absolute Gasteiger partial charge is 0.224 e. The van der Waals surface area contributed by atoms with Gasteiger partial charge < -0.3 is 20.5 Å². The monoisotopic (exact) mass is 328 g/mol. The molecule has 0 bridgehead atoms. The van der Waals surface area contributed by atoms with E-state index in [4.69, 9.17) is 15.2 Å². The zero-order valence-electron chi connectivity index (χ0n) is 14.3. The molecule has 5 nitrogen and oxygen atoms in total. The molecule has 0 aromatic heterocycles. The highest BCUT2D eigenvalue weighted by Crippen LogP contribution is 2.25. The van der Waals surface area contributed by atoms with Gasteiger partial charge in [-0.15, -0.1) is 0 Å². The number of nitrogen functional groups attached to an aromatic ring is 1. The second kappa shape index (κ2) is 8.24. The van der Waals surface area contributed by atoms with Crippen molar-refractivity contribution in [3.63, 3.8) is 0 Å². The van der Waals surface area contributed by atoms with Crippen molar-refractivity contribution in [3.05, 3.63) is 48.0 Å². The normalized spacial score (nSPS) is 11.6. The average Bonchev–Trinajstić information content (AvgIpc) is 2.55. The average molecular weight is 328 g/mol. The van der Waals surface area contributed by atoms with Gasteiger partial charge in [0.2, 0.25) is 5.91 Å². The molecule has 0 fully saturated rings. The molecule has 0 aliphatic carbocycles. The van der Waals surface area contributed by atoms with Crippen LogP contribution >= 0.6 is 0 Å². The van der Waals surface area contributed by atoms with E-state index in [0.717, 1.165) is 17.7 Å². The van der Waals surface area contributed by atoms with Crippen LogP contribution in [0, 0.1) is 5.92 Å². The number of amides is 1. The Morgan fingerprint density at radius 1 is 1.12 bits per heavy atom. The summed E-state index contributed by atoms with van der Waals surface area (Å²) in [5.74, 6) is 1.60. The van der Waals surface area contributed by atoms with Gasteiger partial charge in [-0.3, -0.25) is 4.79 Å². The number of hydrogen-bond acceptors (Lipinski definition) is 4. The number of anilines is 2. The molecule has 2 rings (SSSR count). The summed E-state index contributed by atoms with van der Waals surface area (Å²) in [6.45, 7) is 2.05. The van der Waals surface area contributed by atoms with Gasteiger partial charge in [-0.2, -0.15) is 0 Å². The topological polar surface area (TPSA) is 73.6 Å². The Morgan fingerprint density at radius 2 is 1.83 bits per heavy atom. The van der Waals surface area contributed by atoms with Gasteiger partial charge in [0, 0.05) is 12.1 Å². The number of nitrogens with two attached hydrogens (primary N) is 1. The molecule has 3 N–H and O–H groups in total. The number of para-hydroxylation sites is 1. The molecular formula is C19H24N2O3. The Balaban J connectivity index is 1.93. The van der Waals surface area contributed by atoms with Crippen LogP contribution in [0.15, 0.2) is 42.5 Å². The van der Waals surface area contributed by atoms with Gasteiger partial charge in [0.15, 0.2) is 0 Å². The molecule has 0 saturated heterocycles. The third-order valence-corrected chi connectivity index (χ3v) is 3.81. The van der Waals surface area contributed by atoms with Gasteiger partial charge in [-0.25, -0.2) is 0 Å². The minimum absolute atomic E-state index is 0.0398. The number of carbonyl (C=O) groups is 1. The molecule has 1 unspecified atom stereocenters. The zero-order valence-corrected chi connectivity index (χ0v) is 14.3. The van der Waals surface area contributed by atoms with Gasteiger partial charge in [-0.1, -0.05) is 25.1 Å². The maximum absolute atomic E-state index is 12.2. The standard InChI is InChI=1S/C19H24N2O3/c1-13(10-14-6-4-5-7-17(14)23-2)11-19(22)21-15-8-9-18(24-3)16(20)12-15/h4-9,12-13H,10-11,20H2,1-3H3,(H,21,22). The first kappa shape index (κ1) is 17.7. The summed E-state index contributed by atoms with van der Waals surface area (Å²) in [6.07, 6.45) is 1.20. The third-order valence-electron chi connectivity index (χ3n) is 3.81. The van der Waals surface area contributed by atoms with Crippen molar-refractivity contribution in [2.24, 2.45) is 5.92 Å². The number of carbonyl (C=O) groups excluding carboxylic acids is 1. The molecule has 128 valence electrons. The van der Waals surface area contributed by atoms with E-state index in [-0.39, 0.29) is 11.8 Å². The predicted octanol–water partition coefficient (Wildman–Crippen LogP) is 3.49. The fraction of sp³-hybridized carbons (Fsp3) is 0.316. The molecule has 24 heavy (non-hydrogen) atoms. The van der Waals surface area contributed by atoms with Crippen molar-refractivity contribution in [2.45, 2.75) is 19.8 Å². The molecule has 0 saturated carbocycles. The van der Waals surface area contributed by atoms with Crippen LogP contribution in [-0.2, 0) is 11.2 Å². The molecule has 2 aromatic rings. The molecule has 5 heteroatoms. The van der Waals surface area contributed by atoms with E-state index < -0.39 is 0 Å². The molecule has 1 atom stereocenters. The van der Waals surface area contributed by atoms with Crippen molar-refractivity contribution in [1.29, 1.82) is 0 Å². The van der Waals surface area contributed by atoms with Crippen LogP contribution in [0.2, 0.25) is 0 Å². The van der Waals surface area contributed by atoms with Crippen molar-refractivity contribution in [3.8, 4) is 11.5 Å². The highest BCUT2D eigenvalue weighted by molar-refractivity contribution is 5.91. The molecule has 2 aromatic carbocycles. The van der Waals surface area contributed by atoms with Crippen molar-refractivity contribution < 1.29 is 14.3 Å². The van der Waals surface area contributed by atoms with E-state index in [2.05, 4.69) is 12.2 Å². The summed E-state index contributed by atoms with van der Waals surface area (Å²) in [7, 11) is 3.22. The summed E-state index contributed by atoms with van der Waals surface area (Å²) in [6, 6.07) is 13.1. The number of benzene rings is 2. The number of methoxy groups -OCH3 is 2. The Hall–Kier alpha value is -2.69. The third kappa shape index (κ3) is 4.65. The lowest BCUT2D eigenvalue weighted by atomic mass is 9.97. The van der Waals surface area contributed by atoms with Crippen LogP contribution in [0.5, 0.6) is 11.5 Å². The number of ether oxygens (including phenoxy) is 2. The second-order valence-corrected chi connectivity index (χ2v) is 5.83. The van der Waals surface area contributed by atoms with Crippen LogP contribution in [0.3, 0.4) is 0 Å². The molecule has 0 spiro atoms. The summed E-state index contributed by atoms with van der Waals surface area (Å²) in [5, 5.41) is 2.87. The molecular weight excluding hydrogens is 304 g/mol. The lowest BCUT2D eigenvalue weighted by Gasteiger charge is -2.14. The molecule has 0 radical (unpaired) electrons. The Morgan fingerprint density at radius 3 is 2.50 bits per heavy atom. The van der Waals surface area contributed by atoms with Crippen LogP contribution < -0.4 is 20.5 Å². The summed E-state index contributed by atoms with van der Waals surface area (Å²) in [4.78, 5) is 12.2. The van der Waals surface area contributed by atoms with Crippen LogP contribution in [0.25, 0.3) is 0 Å². The summed E-state index contributed by atoms with van der Waals surface area (Å²) in [5.41, 5.74) is 8.13. The largest absolute Gasteiger partial charge is 0.496 e. The van der Waals surface area contributed by atoms with Crippen molar-refractivity contribution in [2.75, 3.05) is 25.3 Å². The SMILES string of the molecule is COc1ccc(NC(=O)CC(C)Cc2ccccc2OC)cc1N. The van der Waals surface area contributed by atoms with Crippen molar-refractivity contribution >= 4 is 17.3 Å². The quantitative estimate of drug-likeness (QED) is 0.763. The summed E-state index contributed by atoms with van der Waals surface area (Å²) >= 11 is 0. The fourth-order valence-electron chi connectivity index (χ4n) is 2.66. The molecule has 0 aliphatic rings. The zero-order chi connectivity index (χ0) is 17.5. The van der Waals surface area contributed by atoms with Crippen LogP contribution in [-0.4, -0.2) is 20.1 Å². The van der Waals surface area contributed by atoms with Gasteiger partial charge >= 0.3 is 0 Å². The van der Waals surface area contributed by atoms with E-state index in [9.17, 15) is 4.79 Å². The fourth-order valence-corrected chi connectivity index (χ4v) is 2.66. The number of hydrogen-bond donors (Lipinski definition) is 2. The van der Waals surface area contributed by atoms with E-state index in [1.165, 1.54) is 0 Å². The molecule has 0 aliphatic heterocycles. The molecule has 0 heterocycles. The van der Waals surface area contributed by atoms with Crippen molar-refractivity contribution in [1.82, 2.24) is 0 Å². The summed E-state index contributed by atoms with van der Waals surface area (Å²) < 4.78 is 10.5. The molecule has 1 amide bonds. The first-order valence-electron chi connectivity index (χ1n) is 7.88. The van der Waals surface area contributed by atoms with E-state index in [0.29, 0.717) is 23.5 Å². The highest BCUT2D eigenvalue weighted by atomic mass is 16.5. The number of nitrogens with one attached hydrogen (secondary N) is 1. The maximum Gasteiger partial charge on any atom is 0.224 e. The van der Waals surface area contributed by atoms with E-state index in [1.807, 2.05) is 24.3 Å². The van der Waals surface area contributed by atoms with Gasteiger partial charge in [0.05, 0.1) is 19.9 Å². The predicted molar refractivity (Wildman–Crippen MR) is 96.5 cm³/mol. The second-order valence-electron chi connectivity index (χ2n) is 5.83. The first-order valence-corrected chi connectivity index (χ1v) is 7.88. The first-order chi connectivity index (χ1) is 11.5. The lowest BCUT2D eigenvalue weighted by Crippen LogP contribution is -2.16. The van der Waals surface area contributed by atoms with E-state index >= 15 is 0 Å². The van der Waals surface area contributed by atoms with Gasteiger partial charge in [0.1, 0.15) is 11.5 Å². The Kier molecular flexibility index (Phi) is 6.07. The highest BCUT2D eigenvalue weighted by Gasteiger charge is 2.13.